The Kier molecular flexibility index (Phi) is 3.25. The van der Waals surface area contributed by atoms with Crippen LogP contribution in [0.4, 0.5) is 10.1 Å². The van der Waals surface area contributed by atoms with Crippen LogP contribution in [0.3, 0.4) is 0 Å². The number of nitrogens with one attached hydrogen (secondary N) is 1. The zero-order valence-corrected chi connectivity index (χ0v) is 9.09. The molecule has 1 aromatic carbocycles. The SMILES string of the molecule is N#Cc1c(F)cccc1NC(=O)c1cncnc1. The smallest absolute Gasteiger partial charge is 0.258 e. The number of aromatic nitrogens is 2. The first kappa shape index (κ1) is 11.7. The lowest BCUT2D eigenvalue weighted by Crippen LogP contribution is -2.13. The molecule has 2 rings (SSSR count). The van der Waals surface area contributed by atoms with Crippen LogP contribution in [-0.4, -0.2) is 15.9 Å². The minimum absolute atomic E-state index is 0.117. The Morgan fingerprint density at radius 3 is 2.72 bits per heavy atom. The molecule has 2 aromatic rings. The third-order valence-corrected chi connectivity index (χ3v) is 2.20. The summed E-state index contributed by atoms with van der Waals surface area (Å²) in [6.07, 6.45) is 3.95. The number of amides is 1. The average molecular weight is 242 g/mol. The van der Waals surface area contributed by atoms with E-state index in [-0.39, 0.29) is 16.8 Å². The predicted octanol–water partition coefficient (Wildman–Crippen LogP) is 1.74. The molecule has 0 saturated carbocycles. The Hall–Kier alpha value is -2.81. The maximum atomic E-state index is 13.3. The molecule has 0 fully saturated rings. The van der Waals surface area contributed by atoms with Crippen molar-refractivity contribution in [2.75, 3.05) is 5.32 Å². The van der Waals surface area contributed by atoms with Crippen LogP contribution in [0.1, 0.15) is 15.9 Å². The molecule has 0 spiro atoms. The highest BCUT2D eigenvalue weighted by Gasteiger charge is 2.12. The summed E-state index contributed by atoms with van der Waals surface area (Å²) in [5.41, 5.74) is 0.139. The number of carbonyl (C=O) groups excluding carboxylic acids is 1. The second kappa shape index (κ2) is 5.01. The number of benzene rings is 1. The highest BCUT2D eigenvalue weighted by atomic mass is 19.1. The van der Waals surface area contributed by atoms with Crippen molar-refractivity contribution >= 4 is 11.6 Å². The molecule has 1 aromatic heterocycles. The lowest BCUT2D eigenvalue weighted by atomic mass is 10.1. The summed E-state index contributed by atoms with van der Waals surface area (Å²) in [6, 6.07) is 5.71. The molecule has 1 amide bonds. The number of rotatable bonds is 2. The third-order valence-electron chi connectivity index (χ3n) is 2.20. The molecule has 0 atom stereocenters. The minimum Gasteiger partial charge on any atom is -0.321 e. The van der Waals surface area contributed by atoms with Crippen molar-refractivity contribution in [3.8, 4) is 6.07 Å². The van der Waals surface area contributed by atoms with Gasteiger partial charge in [0.05, 0.1) is 11.3 Å². The number of halogens is 1. The summed E-state index contributed by atoms with van der Waals surface area (Å²) < 4.78 is 13.3. The summed E-state index contributed by atoms with van der Waals surface area (Å²) in [4.78, 5) is 19.2. The van der Waals surface area contributed by atoms with Gasteiger partial charge in [0.15, 0.2) is 0 Å². The fraction of sp³-hybridized carbons (Fsp3) is 0. The fourth-order valence-corrected chi connectivity index (χ4v) is 1.35. The van der Waals surface area contributed by atoms with Crippen molar-refractivity contribution in [3.05, 3.63) is 53.9 Å². The summed E-state index contributed by atoms with van der Waals surface area (Å²) in [6.45, 7) is 0. The van der Waals surface area contributed by atoms with Crippen molar-refractivity contribution in [1.82, 2.24) is 9.97 Å². The van der Waals surface area contributed by atoms with Crippen LogP contribution >= 0.6 is 0 Å². The van der Waals surface area contributed by atoms with Gasteiger partial charge in [-0.3, -0.25) is 4.79 Å². The standard InChI is InChI=1S/C12H7FN4O/c13-10-2-1-3-11(9(10)4-14)17-12(18)8-5-15-7-16-6-8/h1-3,5-7H,(H,17,18). The van der Waals surface area contributed by atoms with Gasteiger partial charge < -0.3 is 5.32 Å². The monoisotopic (exact) mass is 242 g/mol. The van der Waals surface area contributed by atoms with E-state index >= 15 is 0 Å². The Morgan fingerprint density at radius 2 is 2.06 bits per heavy atom. The molecule has 6 heteroatoms. The number of hydrogen-bond donors (Lipinski definition) is 1. The van der Waals surface area contributed by atoms with Gasteiger partial charge in [-0.25, -0.2) is 14.4 Å². The fourth-order valence-electron chi connectivity index (χ4n) is 1.35. The minimum atomic E-state index is -0.681. The molecule has 0 aliphatic rings. The van der Waals surface area contributed by atoms with Gasteiger partial charge in [0, 0.05) is 12.4 Å². The van der Waals surface area contributed by atoms with E-state index < -0.39 is 11.7 Å². The zero-order valence-electron chi connectivity index (χ0n) is 9.09. The second-order valence-corrected chi connectivity index (χ2v) is 3.36. The van der Waals surface area contributed by atoms with E-state index in [1.54, 1.807) is 6.07 Å². The van der Waals surface area contributed by atoms with Crippen LogP contribution in [0, 0.1) is 17.1 Å². The van der Waals surface area contributed by atoms with Crippen LogP contribution in [0.15, 0.2) is 36.9 Å². The average Bonchev–Trinajstić information content (AvgIpc) is 2.40. The molecule has 0 aliphatic heterocycles. The van der Waals surface area contributed by atoms with Crippen molar-refractivity contribution in [1.29, 1.82) is 5.26 Å². The number of anilines is 1. The largest absolute Gasteiger partial charge is 0.321 e. The third kappa shape index (κ3) is 2.30. The number of carbonyl (C=O) groups is 1. The van der Waals surface area contributed by atoms with Gasteiger partial charge in [-0.2, -0.15) is 5.26 Å². The van der Waals surface area contributed by atoms with E-state index in [2.05, 4.69) is 15.3 Å². The lowest BCUT2D eigenvalue weighted by molar-refractivity contribution is 0.102. The first-order chi connectivity index (χ1) is 8.72. The van der Waals surface area contributed by atoms with Gasteiger partial charge in [0.25, 0.3) is 5.91 Å². The predicted molar refractivity (Wildman–Crippen MR) is 61.1 cm³/mol. The summed E-state index contributed by atoms with van der Waals surface area (Å²) >= 11 is 0. The van der Waals surface area contributed by atoms with E-state index in [0.29, 0.717) is 0 Å². The molecular weight excluding hydrogens is 235 g/mol. The number of hydrogen-bond acceptors (Lipinski definition) is 4. The summed E-state index contributed by atoms with van der Waals surface area (Å²) in [5.74, 6) is -1.18. The van der Waals surface area contributed by atoms with Crippen LogP contribution in [-0.2, 0) is 0 Å². The molecule has 1 heterocycles. The van der Waals surface area contributed by atoms with E-state index in [9.17, 15) is 9.18 Å². The Balaban J connectivity index is 2.29. The normalized spacial score (nSPS) is 9.56. The maximum absolute atomic E-state index is 13.3. The summed E-state index contributed by atoms with van der Waals surface area (Å²) in [5, 5.41) is 11.3. The topological polar surface area (TPSA) is 78.7 Å². The quantitative estimate of drug-likeness (QED) is 0.869. The van der Waals surface area contributed by atoms with E-state index in [4.69, 9.17) is 5.26 Å². The molecule has 0 unspecified atom stereocenters. The van der Waals surface area contributed by atoms with E-state index in [1.807, 2.05) is 0 Å². The van der Waals surface area contributed by atoms with Gasteiger partial charge >= 0.3 is 0 Å². The first-order valence-corrected chi connectivity index (χ1v) is 4.97. The van der Waals surface area contributed by atoms with Crippen LogP contribution in [0.5, 0.6) is 0 Å². The maximum Gasteiger partial charge on any atom is 0.258 e. The molecule has 5 nitrogen and oxygen atoms in total. The van der Waals surface area contributed by atoms with Crippen molar-refractivity contribution in [2.24, 2.45) is 0 Å². The van der Waals surface area contributed by atoms with Crippen LogP contribution in [0.2, 0.25) is 0 Å². The molecule has 0 aliphatic carbocycles. The van der Waals surface area contributed by atoms with Gasteiger partial charge in [-0.15, -0.1) is 0 Å². The Morgan fingerprint density at radius 1 is 1.33 bits per heavy atom. The van der Waals surface area contributed by atoms with Gasteiger partial charge in [-0.1, -0.05) is 6.07 Å². The van der Waals surface area contributed by atoms with Crippen molar-refractivity contribution in [3.63, 3.8) is 0 Å². The zero-order chi connectivity index (χ0) is 13.0. The van der Waals surface area contributed by atoms with Gasteiger partial charge in [-0.05, 0) is 12.1 Å². The Bertz CT molecular complexity index is 622. The summed E-state index contributed by atoms with van der Waals surface area (Å²) in [7, 11) is 0. The molecule has 0 radical (unpaired) electrons. The number of nitrogens with zero attached hydrogens (tertiary/aromatic N) is 3. The molecule has 0 bridgehead atoms. The van der Waals surface area contributed by atoms with Gasteiger partial charge in [0.1, 0.15) is 23.8 Å². The molecular formula is C12H7FN4O. The van der Waals surface area contributed by atoms with E-state index in [1.165, 1.54) is 30.9 Å². The number of nitriles is 1. The molecule has 0 saturated heterocycles. The molecule has 18 heavy (non-hydrogen) atoms. The van der Waals surface area contributed by atoms with Crippen molar-refractivity contribution in [2.45, 2.75) is 0 Å². The highest BCUT2D eigenvalue weighted by Crippen LogP contribution is 2.18. The van der Waals surface area contributed by atoms with Crippen LogP contribution < -0.4 is 5.32 Å². The lowest BCUT2D eigenvalue weighted by Gasteiger charge is -2.06. The van der Waals surface area contributed by atoms with Gasteiger partial charge in [0.2, 0.25) is 0 Å². The van der Waals surface area contributed by atoms with E-state index in [0.717, 1.165) is 6.07 Å². The van der Waals surface area contributed by atoms with Crippen molar-refractivity contribution < 1.29 is 9.18 Å². The highest BCUT2D eigenvalue weighted by molar-refractivity contribution is 6.04. The van der Waals surface area contributed by atoms with Crippen LogP contribution in [0.25, 0.3) is 0 Å². The first-order valence-electron chi connectivity index (χ1n) is 4.97. The molecule has 1 N–H and O–H groups in total. The second-order valence-electron chi connectivity index (χ2n) is 3.36. The Labute approximate surface area is 102 Å². The molecule has 88 valence electrons.